The second-order valence-electron chi connectivity index (χ2n) is 9.25. The average molecular weight is 477 g/mol. The van der Waals surface area contributed by atoms with E-state index in [4.69, 9.17) is 5.73 Å². The fourth-order valence-corrected chi connectivity index (χ4v) is 4.34. The minimum absolute atomic E-state index is 0.0254. The van der Waals surface area contributed by atoms with E-state index in [9.17, 15) is 9.59 Å². The molecule has 1 aromatic carbocycles. The van der Waals surface area contributed by atoms with E-state index < -0.39 is 5.91 Å². The first kappa shape index (κ1) is 24.2. The summed E-state index contributed by atoms with van der Waals surface area (Å²) >= 11 is 0. The smallest absolute Gasteiger partial charge is 0.271 e. The molecule has 2 atom stereocenters. The number of anilines is 3. The number of nitrogens with two attached hydrogens (primary N) is 1. The molecular weight excluding hydrogens is 444 g/mol. The van der Waals surface area contributed by atoms with Crippen molar-refractivity contribution in [1.82, 2.24) is 25.1 Å². The third kappa shape index (κ3) is 5.42. The van der Waals surface area contributed by atoms with Gasteiger partial charge in [0.1, 0.15) is 5.82 Å². The summed E-state index contributed by atoms with van der Waals surface area (Å²) < 4.78 is 1.64. The molecule has 1 aliphatic rings. The van der Waals surface area contributed by atoms with Crippen molar-refractivity contribution in [2.45, 2.75) is 51.6 Å². The Hall–Kier alpha value is -3.95. The van der Waals surface area contributed by atoms with Gasteiger partial charge in [0.25, 0.3) is 11.8 Å². The highest BCUT2D eigenvalue weighted by Crippen LogP contribution is 2.26. The molecule has 2 amide bonds. The molecule has 3 aromatic rings. The number of nitrogens with zero attached hydrogens (tertiary/aromatic N) is 5. The Morgan fingerprint density at radius 3 is 2.54 bits per heavy atom. The quantitative estimate of drug-likeness (QED) is 0.478. The lowest BCUT2D eigenvalue weighted by molar-refractivity contribution is 0.0923. The van der Waals surface area contributed by atoms with Crippen LogP contribution in [0.3, 0.4) is 0 Å². The van der Waals surface area contributed by atoms with Crippen LogP contribution in [-0.2, 0) is 7.05 Å². The molecule has 1 saturated heterocycles. The summed E-state index contributed by atoms with van der Waals surface area (Å²) in [5, 5.41) is 10.4. The number of nitrogens with one attached hydrogen (secondary N) is 2. The lowest BCUT2D eigenvalue weighted by Crippen LogP contribution is -2.54. The number of piperidine rings is 1. The van der Waals surface area contributed by atoms with Crippen molar-refractivity contribution in [1.29, 1.82) is 0 Å². The Balaban J connectivity index is 1.52. The molecule has 184 valence electrons. The molecule has 0 bridgehead atoms. The van der Waals surface area contributed by atoms with Crippen molar-refractivity contribution >= 4 is 29.1 Å². The number of aryl methyl sites for hydroxylation is 1. The number of benzene rings is 1. The van der Waals surface area contributed by atoms with Crippen molar-refractivity contribution in [3.8, 4) is 0 Å². The average Bonchev–Trinajstić information content (AvgIpc) is 3.24. The van der Waals surface area contributed by atoms with Gasteiger partial charge in [-0.15, -0.1) is 0 Å². The number of carbonyl (C=O) groups is 2. The van der Waals surface area contributed by atoms with Gasteiger partial charge in [0.05, 0.1) is 18.1 Å². The van der Waals surface area contributed by atoms with Gasteiger partial charge < -0.3 is 21.3 Å². The fraction of sp³-hybridized carbons (Fsp3) is 0.400. The van der Waals surface area contributed by atoms with E-state index in [1.165, 1.54) is 5.56 Å². The maximum Gasteiger partial charge on any atom is 0.271 e. The number of amides is 2. The Morgan fingerprint density at radius 1 is 1.17 bits per heavy atom. The minimum atomic E-state index is -0.671. The molecule has 3 heterocycles. The van der Waals surface area contributed by atoms with Crippen LogP contribution in [0.2, 0.25) is 0 Å². The number of hydrogen-bond acceptors (Lipinski definition) is 7. The Bertz CT molecular complexity index is 1200. The topological polar surface area (TPSA) is 131 Å². The standard InChI is InChI=1S/C25H32N8O2/c1-15(2)17-7-9-18(10-8-17)25(35)30-20-6-5-11-33(16(20)3)21-13-27-22(23(26)34)24(31-21)29-19-12-28-32(4)14-19/h7-10,12-16,20H,5-6,11H2,1-4H3,(H2,26,34)(H,29,31)(H,30,35)/t16-,20-/m1/s1. The van der Waals surface area contributed by atoms with Crippen LogP contribution in [0.5, 0.6) is 0 Å². The predicted octanol–water partition coefficient (Wildman–Crippen LogP) is 2.96. The van der Waals surface area contributed by atoms with Crippen molar-refractivity contribution in [3.63, 3.8) is 0 Å². The predicted molar refractivity (Wildman–Crippen MR) is 135 cm³/mol. The third-order valence-corrected chi connectivity index (χ3v) is 6.40. The molecular formula is C25H32N8O2. The molecule has 10 nitrogen and oxygen atoms in total. The molecule has 35 heavy (non-hydrogen) atoms. The molecule has 0 saturated carbocycles. The molecule has 2 aromatic heterocycles. The van der Waals surface area contributed by atoms with Gasteiger partial charge in [0.15, 0.2) is 11.5 Å². The van der Waals surface area contributed by atoms with Gasteiger partial charge in [-0.25, -0.2) is 9.97 Å². The molecule has 1 fully saturated rings. The van der Waals surface area contributed by atoms with Gasteiger partial charge in [0.2, 0.25) is 0 Å². The summed E-state index contributed by atoms with van der Waals surface area (Å²) in [4.78, 5) is 35.9. The molecule has 4 rings (SSSR count). The summed E-state index contributed by atoms with van der Waals surface area (Å²) in [6, 6.07) is 7.67. The summed E-state index contributed by atoms with van der Waals surface area (Å²) in [6.45, 7) is 7.07. The van der Waals surface area contributed by atoms with Crippen molar-refractivity contribution in [3.05, 3.63) is 59.7 Å². The zero-order valence-electron chi connectivity index (χ0n) is 20.5. The van der Waals surface area contributed by atoms with Crippen LogP contribution >= 0.6 is 0 Å². The van der Waals surface area contributed by atoms with Crippen LogP contribution in [-0.4, -0.2) is 50.2 Å². The van der Waals surface area contributed by atoms with E-state index in [0.717, 1.165) is 19.4 Å². The molecule has 0 aliphatic carbocycles. The van der Waals surface area contributed by atoms with Gasteiger partial charge in [-0.2, -0.15) is 5.10 Å². The van der Waals surface area contributed by atoms with Gasteiger partial charge in [-0.05, 0) is 43.4 Å². The van der Waals surface area contributed by atoms with Gasteiger partial charge in [0, 0.05) is 37.4 Å². The van der Waals surface area contributed by atoms with Crippen molar-refractivity contribution in [2.24, 2.45) is 12.8 Å². The zero-order valence-corrected chi connectivity index (χ0v) is 20.5. The van der Waals surface area contributed by atoms with E-state index in [0.29, 0.717) is 23.0 Å². The van der Waals surface area contributed by atoms with E-state index in [1.807, 2.05) is 24.3 Å². The maximum absolute atomic E-state index is 12.9. The normalized spacial score (nSPS) is 17.9. The van der Waals surface area contributed by atoms with Crippen LogP contribution < -0.4 is 21.3 Å². The van der Waals surface area contributed by atoms with Crippen LogP contribution in [0.4, 0.5) is 17.3 Å². The van der Waals surface area contributed by atoms with Crippen LogP contribution in [0.25, 0.3) is 0 Å². The Kier molecular flexibility index (Phi) is 6.99. The fourth-order valence-electron chi connectivity index (χ4n) is 4.34. The van der Waals surface area contributed by atoms with Crippen LogP contribution in [0.15, 0.2) is 42.9 Å². The second-order valence-corrected chi connectivity index (χ2v) is 9.25. The highest BCUT2D eigenvalue weighted by Gasteiger charge is 2.31. The first-order valence-electron chi connectivity index (χ1n) is 11.8. The molecule has 0 unspecified atom stereocenters. The molecule has 1 aliphatic heterocycles. The first-order chi connectivity index (χ1) is 16.7. The van der Waals surface area contributed by atoms with Gasteiger partial charge in [-0.1, -0.05) is 26.0 Å². The second kappa shape index (κ2) is 10.1. The largest absolute Gasteiger partial charge is 0.364 e. The first-order valence-corrected chi connectivity index (χ1v) is 11.8. The van der Waals surface area contributed by atoms with E-state index in [2.05, 4.69) is 51.4 Å². The van der Waals surface area contributed by atoms with Gasteiger partial charge >= 0.3 is 0 Å². The lowest BCUT2D eigenvalue weighted by Gasteiger charge is -2.40. The number of rotatable bonds is 7. The Morgan fingerprint density at radius 2 is 1.91 bits per heavy atom. The summed E-state index contributed by atoms with van der Waals surface area (Å²) in [5.41, 5.74) is 8.09. The van der Waals surface area contributed by atoms with Crippen LogP contribution in [0, 0.1) is 0 Å². The SMILES string of the molecule is CC(C)c1ccc(C(=O)N[C@@H]2CCCN(c3cnc(C(N)=O)c(Nc4cnn(C)c4)n3)[C@@H]2C)cc1. The number of carbonyl (C=O) groups excluding carboxylic acids is 2. The van der Waals surface area contributed by atoms with Crippen molar-refractivity contribution in [2.75, 3.05) is 16.8 Å². The van der Waals surface area contributed by atoms with E-state index in [-0.39, 0.29) is 29.5 Å². The highest BCUT2D eigenvalue weighted by molar-refractivity contribution is 5.96. The minimum Gasteiger partial charge on any atom is -0.364 e. The molecule has 0 radical (unpaired) electrons. The molecule has 10 heteroatoms. The Labute approximate surface area is 204 Å². The number of aromatic nitrogens is 4. The van der Waals surface area contributed by atoms with E-state index in [1.54, 1.807) is 30.3 Å². The van der Waals surface area contributed by atoms with Crippen LogP contribution in [0.1, 0.15) is 65.9 Å². The summed E-state index contributed by atoms with van der Waals surface area (Å²) in [5.74, 6) is 0.531. The highest BCUT2D eigenvalue weighted by atomic mass is 16.2. The number of primary amides is 1. The third-order valence-electron chi connectivity index (χ3n) is 6.40. The molecule has 4 N–H and O–H groups in total. The number of hydrogen-bond donors (Lipinski definition) is 3. The monoisotopic (exact) mass is 476 g/mol. The lowest BCUT2D eigenvalue weighted by atomic mass is 9.96. The summed E-state index contributed by atoms with van der Waals surface area (Å²) in [7, 11) is 1.80. The van der Waals surface area contributed by atoms with Crippen molar-refractivity contribution < 1.29 is 9.59 Å². The van der Waals surface area contributed by atoms with E-state index >= 15 is 0 Å². The van der Waals surface area contributed by atoms with Gasteiger partial charge in [-0.3, -0.25) is 14.3 Å². The zero-order chi connectivity index (χ0) is 25.1. The maximum atomic E-state index is 12.9. The summed E-state index contributed by atoms with van der Waals surface area (Å²) in [6.07, 6.45) is 6.69. The molecule has 0 spiro atoms.